The Balaban J connectivity index is 2.67. The van der Waals surface area contributed by atoms with Gasteiger partial charge in [0.15, 0.2) is 11.6 Å². The number of carbonyl (C=O) groups is 1. The van der Waals surface area contributed by atoms with Gasteiger partial charge in [-0.1, -0.05) is 0 Å². The van der Waals surface area contributed by atoms with Crippen molar-refractivity contribution in [3.05, 3.63) is 23.6 Å². The molecule has 7 heteroatoms. The molecule has 6 nitrogen and oxygen atoms in total. The summed E-state index contributed by atoms with van der Waals surface area (Å²) in [4.78, 5) is 15.4. The summed E-state index contributed by atoms with van der Waals surface area (Å²) in [5, 5.41) is 2.58. The molecule has 1 aromatic rings. The van der Waals surface area contributed by atoms with Crippen LogP contribution >= 0.6 is 0 Å². The summed E-state index contributed by atoms with van der Waals surface area (Å²) in [5.41, 5.74) is 1.98. The number of anilines is 1. The van der Waals surface area contributed by atoms with Crippen molar-refractivity contribution < 1.29 is 13.9 Å². The summed E-state index contributed by atoms with van der Waals surface area (Å²) >= 11 is 0. The van der Waals surface area contributed by atoms with Crippen molar-refractivity contribution in [3.63, 3.8) is 0 Å². The average Bonchev–Trinajstić information content (AvgIpc) is 2.36. The quantitative estimate of drug-likeness (QED) is 0.514. The van der Waals surface area contributed by atoms with Crippen LogP contribution in [0.1, 0.15) is 24.2 Å². The molecule has 0 spiro atoms. The highest BCUT2D eigenvalue weighted by Crippen LogP contribution is 2.13. The lowest BCUT2D eigenvalue weighted by Gasteiger charge is -2.13. The van der Waals surface area contributed by atoms with Gasteiger partial charge in [-0.25, -0.2) is 15.2 Å². The van der Waals surface area contributed by atoms with Gasteiger partial charge in [0.25, 0.3) is 5.91 Å². The second-order valence-corrected chi connectivity index (χ2v) is 3.64. The van der Waals surface area contributed by atoms with E-state index in [-0.39, 0.29) is 17.5 Å². The fraction of sp³-hybridized carbons (Fsp3) is 0.455. The Kier molecular flexibility index (Phi) is 5.47. The van der Waals surface area contributed by atoms with Gasteiger partial charge in [0.2, 0.25) is 0 Å². The van der Waals surface area contributed by atoms with Crippen LogP contribution in [0.15, 0.2) is 12.3 Å². The number of rotatable bonds is 6. The molecule has 0 aliphatic rings. The summed E-state index contributed by atoms with van der Waals surface area (Å²) < 4.78 is 18.9. The summed E-state index contributed by atoms with van der Waals surface area (Å²) in [6.45, 7) is 4.54. The molecule has 0 aromatic carbocycles. The lowest BCUT2D eigenvalue weighted by atomic mass is 10.2. The number of nitrogens with zero attached hydrogens (tertiary/aromatic N) is 1. The number of nitrogens with one attached hydrogen (secondary N) is 2. The molecular weight excluding hydrogens is 239 g/mol. The Labute approximate surface area is 105 Å². The van der Waals surface area contributed by atoms with Crippen LogP contribution in [0.5, 0.6) is 0 Å². The van der Waals surface area contributed by atoms with Crippen LogP contribution < -0.4 is 16.6 Å². The number of aromatic nitrogens is 1. The van der Waals surface area contributed by atoms with Gasteiger partial charge in [0, 0.05) is 19.3 Å². The molecule has 0 fully saturated rings. The predicted molar refractivity (Wildman–Crippen MR) is 65.4 cm³/mol. The number of hydrogen-bond acceptors (Lipinski definition) is 5. The minimum atomic E-state index is -0.776. The molecule has 0 saturated carbocycles. The molecule has 1 rings (SSSR count). The Morgan fingerprint density at radius 1 is 1.67 bits per heavy atom. The maximum atomic E-state index is 13.7. The van der Waals surface area contributed by atoms with E-state index in [0.29, 0.717) is 13.2 Å². The Morgan fingerprint density at radius 3 is 3.00 bits per heavy atom. The van der Waals surface area contributed by atoms with Crippen molar-refractivity contribution in [2.24, 2.45) is 5.84 Å². The highest BCUT2D eigenvalue weighted by molar-refractivity contribution is 5.95. The molecule has 1 heterocycles. The number of nitrogen functional groups attached to an aromatic ring is 1. The predicted octanol–water partition coefficient (Wildman–Crippen LogP) is 0.661. The van der Waals surface area contributed by atoms with Crippen LogP contribution in [0.4, 0.5) is 10.2 Å². The summed E-state index contributed by atoms with van der Waals surface area (Å²) in [7, 11) is 0. The van der Waals surface area contributed by atoms with Gasteiger partial charge < -0.3 is 15.5 Å². The SMILES string of the molecule is CCOC(C)CNC(=O)c1ccnc(NN)c1F. The Bertz CT molecular complexity index is 414. The third-order valence-electron chi connectivity index (χ3n) is 2.27. The van der Waals surface area contributed by atoms with E-state index >= 15 is 0 Å². The molecule has 0 bridgehead atoms. The van der Waals surface area contributed by atoms with Crippen LogP contribution in [0.3, 0.4) is 0 Å². The molecule has 18 heavy (non-hydrogen) atoms. The van der Waals surface area contributed by atoms with Gasteiger partial charge in [-0.3, -0.25) is 4.79 Å². The first-order valence-corrected chi connectivity index (χ1v) is 5.61. The maximum Gasteiger partial charge on any atom is 0.254 e. The zero-order valence-electron chi connectivity index (χ0n) is 10.4. The van der Waals surface area contributed by atoms with Crippen LogP contribution in [0, 0.1) is 5.82 Å². The summed E-state index contributed by atoms with van der Waals surface area (Å²) in [6, 6.07) is 1.29. The van der Waals surface area contributed by atoms with Crippen molar-refractivity contribution in [2.45, 2.75) is 20.0 Å². The van der Waals surface area contributed by atoms with Gasteiger partial charge in [0.05, 0.1) is 11.7 Å². The number of carbonyl (C=O) groups excluding carboxylic acids is 1. The minimum Gasteiger partial charge on any atom is -0.377 e. The lowest BCUT2D eigenvalue weighted by molar-refractivity contribution is 0.0693. The van der Waals surface area contributed by atoms with Crippen LogP contribution in [0.25, 0.3) is 0 Å². The van der Waals surface area contributed by atoms with E-state index in [1.807, 2.05) is 13.8 Å². The minimum absolute atomic E-state index is 0.110. The van der Waals surface area contributed by atoms with Gasteiger partial charge in [-0.05, 0) is 19.9 Å². The fourth-order valence-corrected chi connectivity index (χ4v) is 1.39. The Morgan fingerprint density at radius 2 is 2.39 bits per heavy atom. The van der Waals surface area contributed by atoms with Crippen molar-refractivity contribution in [3.8, 4) is 0 Å². The smallest absolute Gasteiger partial charge is 0.254 e. The van der Waals surface area contributed by atoms with Crippen LogP contribution in [-0.4, -0.2) is 30.1 Å². The van der Waals surface area contributed by atoms with Crippen LogP contribution in [0.2, 0.25) is 0 Å². The lowest BCUT2D eigenvalue weighted by Crippen LogP contribution is -2.32. The standard InChI is InChI=1S/C11H17FN4O2/c1-3-18-7(2)6-15-11(17)8-4-5-14-10(16-13)9(8)12/h4-5,7H,3,6,13H2,1-2H3,(H,14,16)(H,15,17). The van der Waals surface area contributed by atoms with Crippen LogP contribution in [-0.2, 0) is 4.74 Å². The third-order valence-corrected chi connectivity index (χ3v) is 2.27. The second-order valence-electron chi connectivity index (χ2n) is 3.64. The van der Waals surface area contributed by atoms with E-state index < -0.39 is 11.7 Å². The first-order valence-electron chi connectivity index (χ1n) is 5.61. The van der Waals surface area contributed by atoms with Gasteiger partial charge >= 0.3 is 0 Å². The number of halogens is 1. The number of nitrogens with two attached hydrogens (primary N) is 1. The number of hydrazine groups is 1. The molecule has 100 valence electrons. The molecule has 0 radical (unpaired) electrons. The molecule has 1 atom stereocenters. The molecule has 1 aromatic heterocycles. The highest BCUT2D eigenvalue weighted by atomic mass is 19.1. The van der Waals surface area contributed by atoms with E-state index in [0.717, 1.165) is 0 Å². The first-order chi connectivity index (χ1) is 8.60. The second kappa shape index (κ2) is 6.87. The number of ether oxygens (including phenoxy) is 1. The monoisotopic (exact) mass is 256 g/mol. The largest absolute Gasteiger partial charge is 0.377 e. The fourth-order valence-electron chi connectivity index (χ4n) is 1.39. The molecule has 0 aliphatic heterocycles. The average molecular weight is 256 g/mol. The zero-order valence-corrected chi connectivity index (χ0v) is 10.4. The third kappa shape index (κ3) is 3.64. The Hall–Kier alpha value is -1.73. The van der Waals surface area contributed by atoms with E-state index in [9.17, 15) is 9.18 Å². The van der Waals surface area contributed by atoms with Crippen molar-refractivity contribution in [2.75, 3.05) is 18.6 Å². The van der Waals surface area contributed by atoms with Crippen molar-refractivity contribution in [1.82, 2.24) is 10.3 Å². The molecule has 1 amide bonds. The maximum absolute atomic E-state index is 13.7. The number of hydrogen-bond donors (Lipinski definition) is 3. The summed E-state index contributed by atoms with van der Waals surface area (Å²) in [5.74, 6) is 3.61. The zero-order chi connectivity index (χ0) is 13.5. The van der Waals surface area contributed by atoms with Gasteiger partial charge in [-0.2, -0.15) is 0 Å². The normalized spacial score (nSPS) is 12.0. The van der Waals surface area contributed by atoms with E-state index in [1.54, 1.807) is 0 Å². The summed E-state index contributed by atoms with van der Waals surface area (Å²) in [6.07, 6.45) is 1.18. The first kappa shape index (κ1) is 14.3. The van der Waals surface area contributed by atoms with Crippen molar-refractivity contribution in [1.29, 1.82) is 0 Å². The molecule has 0 aliphatic carbocycles. The molecule has 1 unspecified atom stereocenters. The highest BCUT2D eigenvalue weighted by Gasteiger charge is 2.15. The topological polar surface area (TPSA) is 89.3 Å². The van der Waals surface area contributed by atoms with E-state index in [2.05, 4.69) is 15.7 Å². The molecule has 0 saturated heterocycles. The molecular formula is C11H17FN4O2. The van der Waals surface area contributed by atoms with E-state index in [1.165, 1.54) is 12.3 Å². The number of amides is 1. The van der Waals surface area contributed by atoms with E-state index in [4.69, 9.17) is 10.6 Å². The van der Waals surface area contributed by atoms with Gasteiger partial charge in [0.1, 0.15) is 0 Å². The van der Waals surface area contributed by atoms with Gasteiger partial charge in [-0.15, -0.1) is 0 Å². The molecule has 4 N–H and O–H groups in total. The van der Waals surface area contributed by atoms with Crippen molar-refractivity contribution >= 4 is 11.7 Å². The number of pyridine rings is 1.